The van der Waals surface area contributed by atoms with Crippen LogP contribution in [-0.4, -0.2) is 40.9 Å². The van der Waals surface area contributed by atoms with Gasteiger partial charge in [0.2, 0.25) is 0 Å². The largest absolute Gasteiger partial charge is 0.372 e. The smallest absolute Gasteiger partial charge is 0.250 e. The van der Waals surface area contributed by atoms with E-state index in [-0.39, 0.29) is 11.7 Å². The number of hydrazone groups is 1. The molecule has 2 rings (SSSR count). The molecular weight excluding hydrogens is 346 g/mol. The highest BCUT2D eigenvalue weighted by Crippen LogP contribution is 2.14. The van der Waals surface area contributed by atoms with Crippen LogP contribution in [0, 0.1) is 13.8 Å². The van der Waals surface area contributed by atoms with Crippen LogP contribution in [0.4, 0.5) is 5.69 Å². The highest BCUT2D eigenvalue weighted by Gasteiger charge is 2.05. The Labute approximate surface area is 159 Å². The first-order chi connectivity index (χ1) is 12.5. The summed E-state index contributed by atoms with van der Waals surface area (Å²) < 4.78 is 0. The third kappa shape index (κ3) is 6.15. The minimum Gasteiger partial charge on any atom is -0.372 e. The molecule has 7 heteroatoms. The Bertz CT molecular complexity index is 737. The summed E-state index contributed by atoms with van der Waals surface area (Å²) in [5, 5.41) is 4.62. The van der Waals surface area contributed by atoms with Gasteiger partial charge in [-0.1, -0.05) is 23.9 Å². The number of amides is 1. The van der Waals surface area contributed by atoms with Crippen LogP contribution in [0.3, 0.4) is 0 Å². The molecule has 26 heavy (non-hydrogen) atoms. The van der Waals surface area contributed by atoms with Gasteiger partial charge in [0.15, 0.2) is 5.16 Å². The van der Waals surface area contributed by atoms with Crippen molar-refractivity contribution in [1.29, 1.82) is 0 Å². The zero-order valence-electron chi connectivity index (χ0n) is 15.7. The lowest BCUT2D eigenvalue weighted by molar-refractivity contribution is -0.118. The van der Waals surface area contributed by atoms with Gasteiger partial charge in [0.05, 0.1) is 12.0 Å². The average Bonchev–Trinajstić information content (AvgIpc) is 2.61. The average molecular weight is 372 g/mol. The lowest BCUT2D eigenvalue weighted by Crippen LogP contribution is -2.21. The molecule has 0 fully saturated rings. The van der Waals surface area contributed by atoms with Crippen molar-refractivity contribution in [2.75, 3.05) is 23.7 Å². The number of aryl methyl sites for hydroxylation is 2. The van der Waals surface area contributed by atoms with Crippen LogP contribution >= 0.6 is 11.8 Å². The van der Waals surface area contributed by atoms with Crippen molar-refractivity contribution in [3.8, 4) is 0 Å². The Morgan fingerprint density at radius 3 is 2.35 bits per heavy atom. The predicted molar refractivity (Wildman–Crippen MR) is 108 cm³/mol. The van der Waals surface area contributed by atoms with Crippen molar-refractivity contribution in [1.82, 2.24) is 15.4 Å². The Balaban J connectivity index is 1.82. The molecule has 0 aliphatic rings. The molecule has 0 aliphatic heterocycles. The maximum absolute atomic E-state index is 11.9. The van der Waals surface area contributed by atoms with Crippen molar-refractivity contribution >= 4 is 29.6 Å². The van der Waals surface area contributed by atoms with E-state index in [1.165, 1.54) is 17.4 Å². The number of thioether (sulfide) groups is 1. The number of hydrogen-bond acceptors (Lipinski definition) is 6. The van der Waals surface area contributed by atoms with Gasteiger partial charge in [0.1, 0.15) is 0 Å². The minimum absolute atomic E-state index is 0.186. The van der Waals surface area contributed by atoms with E-state index >= 15 is 0 Å². The van der Waals surface area contributed by atoms with Crippen LogP contribution in [0.15, 0.2) is 40.6 Å². The first-order valence-corrected chi connectivity index (χ1v) is 9.62. The number of hydrogen-bond donors (Lipinski definition) is 1. The molecule has 0 unspecified atom stereocenters. The number of anilines is 1. The normalized spacial score (nSPS) is 10.9. The molecule has 2 aromatic rings. The van der Waals surface area contributed by atoms with E-state index in [0.717, 1.165) is 30.0 Å². The van der Waals surface area contributed by atoms with E-state index in [9.17, 15) is 4.79 Å². The number of nitrogens with zero attached hydrogens (tertiary/aromatic N) is 4. The van der Waals surface area contributed by atoms with Crippen molar-refractivity contribution in [2.24, 2.45) is 5.10 Å². The van der Waals surface area contributed by atoms with Crippen molar-refractivity contribution in [3.05, 3.63) is 47.3 Å². The molecule has 1 heterocycles. The summed E-state index contributed by atoms with van der Waals surface area (Å²) in [6.07, 6.45) is 1.64. The summed E-state index contributed by atoms with van der Waals surface area (Å²) in [5.41, 5.74) is 6.44. The SMILES string of the molecule is CCN(CC)c1ccc(C=NNC(=O)CSc2nc(C)cc(C)n2)cc1. The van der Waals surface area contributed by atoms with E-state index in [0.29, 0.717) is 5.16 Å². The molecule has 0 spiro atoms. The van der Waals surface area contributed by atoms with Gasteiger partial charge in [-0.25, -0.2) is 15.4 Å². The van der Waals surface area contributed by atoms with Gasteiger partial charge < -0.3 is 4.90 Å². The molecule has 0 radical (unpaired) electrons. The molecule has 0 atom stereocenters. The first kappa shape index (κ1) is 19.9. The summed E-state index contributed by atoms with van der Waals surface area (Å²) >= 11 is 1.30. The number of aromatic nitrogens is 2. The summed E-state index contributed by atoms with van der Waals surface area (Å²) in [6, 6.07) is 10.00. The van der Waals surface area contributed by atoms with Crippen molar-refractivity contribution < 1.29 is 4.79 Å². The first-order valence-electron chi connectivity index (χ1n) is 8.63. The van der Waals surface area contributed by atoms with E-state index in [2.05, 4.69) is 51.4 Å². The van der Waals surface area contributed by atoms with Crippen LogP contribution in [0.2, 0.25) is 0 Å². The van der Waals surface area contributed by atoms with Crippen LogP contribution in [0.1, 0.15) is 30.8 Å². The summed E-state index contributed by atoms with van der Waals surface area (Å²) in [4.78, 5) is 22.8. The maximum Gasteiger partial charge on any atom is 0.250 e. The molecule has 0 bridgehead atoms. The number of nitrogens with one attached hydrogen (secondary N) is 1. The monoisotopic (exact) mass is 371 g/mol. The van der Waals surface area contributed by atoms with Crippen molar-refractivity contribution in [3.63, 3.8) is 0 Å². The Hall–Kier alpha value is -2.41. The molecule has 0 aliphatic carbocycles. The standard InChI is InChI=1S/C19H25N5OS/c1-5-24(6-2)17-9-7-16(8-10-17)12-20-23-18(25)13-26-19-21-14(3)11-15(4)22-19/h7-12H,5-6,13H2,1-4H3,(H,23,25). The highest BCUT2D eigenvalue weighted by atomic mass is 32.2. The third-order valence-electron chi connectivity index (χ3n) is 3.72. The second kappa shape index (κ2) is 9.91. The number of rotatable bonds is 8. The van der Waals surface area contributed by atoms with Crippen LogP contribution in [0.5, 0.6) is 0 Å². The molecule has 1 aromatic carbocycles. The van der Waals surface area contributed by atoms with Crippen LogP contribution < -0.4 is 10.3 Å². The van der Waals surface area contributed by atoms with Gasteiger partial charge >= 0.3 is 0 Å². The maximum atomic E-state index is 11.9. The highest BCUT2D eigenvalue weighted by molar-refractivity contribution is 7.99. The molecular formula is C19H25N5OS. The molecule has 138 valence electrons. The summed E-state index contributed by atoms with van der Waals surface area (Å²) in [7, 11) is 0. The predicted octanol–water partition coefficient (Wildman–Crippen LogP) is 3.18. The number of benzene rings is 1. The summed E-state index contributed by atoms with van der Waals surface area (Å²) in [5.74, 6) is 0.0370. The molecule has 0 saturated carbocycles. The lowest BCUT2D eigenvalue weighted by atomic mass is 10.2. The number of carbonyl (C=O) groups excluding carboxylic acids is 1. The Morgan fingerprint density at radius 1 is 1.15 bits per heavy atom. The second-order valence-electron chi connectivity index (χ2n) is 5.78. The van der Waals surface area contributed by atoms with Gasteiger partial charge in [-0.15, -0.1) is 0 Å². The Morgan fingerprint density at radius 2 is 1.77 bits per heavy atom. The quantitative estimate of drug-likeness (QED) is 0.334. The topological polar surface area (TPSA) is 70.5 Å². The molecule has 6 nitrogen and oxygen atoms in total. The fourth-order valence-electron chi connectivity index (χ4n) is 2.46. The summed E-state index contributed by atoms with van der Waals surface area (Å²) in [6.45, 7) is 10.0. The molecule has 1 N–H and O–H groups in total. The number of carbonyl (C=O) groups is 1. The fourth-order valence-corrected chi connectivity index (χ4v) is 3.20. The van der Waals surface area contributed by atoms with E-state index in [1.807, 2.05) is 32.0 Å². The second-order valence-corrected chi connectivity index (χ2v) is 6.72. The molecule has 0 saturated heterocycles. The van der Waals surface area contributed by atoms with Gasteiger partial charge in [0.25, 0.3) is 5.91 Å². The van der Waals surface area contributed by atoms with E-state index in [4.69, 9.17) is 0 Å². The zero-order valence-corrected chi connectivity index (χ0v) is 16.5. The van der Waals surface area contributed by atoms with Crippen LogP contribution in [0.25, 0.3) is 0 Å². The van der Waals surface area contributed by atoms with E-state index < -0.39 is 0 Å². The van der Waals surface area contributed by atoms with Gasteiger partial charge in [-0.2, -0.15) is 5.10 Å². The van der Waals surface area contributed by atoms with Gasteiger partial charge in [0, 0.05) is 30.2 Å². The van der Waals surface area contributed by atoms with Crippen molar-refractivity contribution in [2.45, 2.75) is 32.9 Å². The minimum atomic E-state index is -0.186. The fraction of sp³-hybridized carbons (Fsp3) is 0.368. The molecule has 1 amide bonds. The lowest BCUT2D eigenvalue weighted by Gasteiger charge is -2.20. The van der Waals surface area contributed by atoms with Crippen LogP contribution in [-0.2, 0) is 4.79 Å². The van der Waals surface area contributed by atoms with E-state index in [1.54, 1.807) is 6.21 Å². The van der Waals surface area contributed by atoms with Gasteiger partial charge in [-0.05, 0) is 51.5 Å². The molecule has 1 aromatic heterocycles. The third-order valence-corrected chi connectivity index (χ3v) is 4.57. The Kier molecular flexibility index (Phi) is 7.59. The van der Waals surface area contributed by atoms with Gasteiger partial charge in [-0.3, -0.25) is 4.79 Å². The zero-order chi connectivity index (χ0) is 18.9.